The van der Waals surface area contributed by atoms with Crippen LogP contribution in [0.25, 0.3) is 0 Å². The number of carboxylic acid groups (broad SMARTS) is 1. The largest absolute Gasteiger partial charge is 0.496 e. The van der Waals surface area contributed by atoms with Crippen molar-refractivity contribution in [1.29, 1.82) is 0 Å². The van der Waals surface area contributed by atoms with E-state index in [4.69, 9.17) is 27.0 Å². The molecular weight excluding hydrogens is 474 g/mol. The van der Waals surface area contributed by atoms with E-state index in [9.17, 15) is 18.0 Å². The third-order valence-electron chi connectivity index (χ3n) is 5.98. The Morgan fingerprint density at radius 3 is 2.51 bits per heavy atom. The van der Waals surface area contributed by atoms with E-state index >= 15 is 0 Å². The average molecular weight is 516 g/mol. The van der Waals surface area contributed by atoms with Gasteiger partial charge in [0, 0.05) is 18.7 Å². The molecule has 2 unspecified atom stereocenters. The second kappa shape index (κ2) is 14.9. The predicted molar refractivity (Wildman–Crippen MR) is 136 cm³/mol. The van der Waals surface area contributed by atoms with Crippen molar-refractivity contribution in [2.24, 2.45) is 11.5 Å². The third-order valence-corrected chi connectivity index (χ3v) is 7.77. The second-order valence-electron chi connectivity index (χ2n) is 8.36. The van der Waals surface area contributed by atoms with Gasteiger partial charge in [0.25, 0.3) is 5.91 Å². The molecule has 0 bridgehead atoms. The van der Waals surface area contributed by atoms with Crippen LogP contribution in [-0.2, 0) is 14.6 Å². The van der Waals surface area contributed by atoms with Crippen LogP contribution in [0, 0.1) is 0 Å². The maximum atomic E-state index is 12.6. The smallest absolute Gasteiger partial charge is 0.320 e. The number of carboxylic acids is 1. The number of nitrogens with zero attached hydrogens (tertiary/aromatic N) is 1. The summed E-state index contributed by atoms with van der Waals surface area (Å²) in [5.74, 6) is -1.11. The predicted octanol–water partition coefficient (Wildman–Crippen LogP) is 0.812. The van der Waals surface area contributed by atoms with Crippen LogP contribution in [0.15, 0.2) is 17.0 Å². The summed E-state index contributed by atoms with van der Waals surface area (Å²) in [6, 6.07) is 2.30. The Morgan fingerprint density at radius 1 is 1.29 bits per heavy atom. The molecule has 35 heavy (non-hydrogen) atoms. The van der Waals surface area contributed by atoms with E-state index in [1.165, 1.54) is 26.2 Å². The van der Waals surface area contributed by atoms with Crippen molar-refractivity contribution in [3.63, 3.8) is 0 Å². The topological polar surface area (TPSA) is 191 Å². The summed E-state index contributed by atoms with van der Waals surface area (Å²) in [5.41, 5.74) is 16.5. The van der Waals surface area contributed by atoms with E-state index in [1.807, 2.05) is 0 Å². The van der Waals surface area contributed by atoms with Crippen LogP contribution in [0.3, 0.4) is 0 Å². The Bertz CT molecular complexity index is 941. The Balaban J connectivity index is 0.000000518. The first-order chi connectivity index (χ1) is 16.5. The fourth-order valence-corrected chi connectivity index (χ4v) is 4.85. The van der Waals surface area contributed by atoms with Gasteiger partial charge in [0.05, 0.1) is 29.0 Å². The number of ether oxygens (including phenoxy) is 1. The summed E-state index contributed by atoms with van der Waals surface area (Å²) in [6.45, 7) is 6.76. The quantitative estimate of drug-likeness (QED) is 0.197. The number of unbranched alkanes of at least 4 members (excludes halogenated alkanes) is 1. The number of sulfone groups is 1. The minimum Gasteiger partial charge on any atom is -0.496 e. The Labute approximate surface area is 208 Å². The lowest BCUT2D eigenvalue weighted by Gasteiger charge is -2.23. The number of likely N-dealkylation sites (N-methyl/N-ethyl adjacent to an activating group) is 1. The fourth-order valence-electron chi connectivity index (χ4n) is 3.83. The summed E-state index contributed by atoms with van der Waals surface area (Å²) in [6.07, 6.45) is 4.33. The minimum atomic E-state index is -3.52. The van der Waals surface area contributed by atoms with Crippen molar-refractivity contribution in [3.05, 3.63) is 17.7 Å². The maximum absolute atomic E-state index is 12.6. The number of nitrogens with one attached hydrogen (secondary N) is 1. The van der Waals surface area contributed by atoms with Crippen LogP contribution in [0.4, 0.5) is 5.69 Å². The number of benzene rings is 1. The van der Waals surface area contributed by atoms with Gasteiger partial charge in [0.2, 0.25) is 0 Å². The second-order valence-corrected chi connectivity index (χ2v) is 10.6. The molecule has 0 spiro atoms. The number of anilines is 1. The van der Waals surface area contributed by atoms with Gasteiger partial charge in [-0.3, -0.25) is 14.5 Å². The molecule has 1 amide bonds. The van der Waals surface area contributed by atoms with E-state index in [0.29, 0.717) is 25.6 Å². The number of carbonyl (C=O) groups is 2. The number of methoxy groups -OCH3 is 1. The van der Waals surface area contributed by atoms with Gasteiger partial charge in [0.1, 0.15) is 11.8 Å². The van der Waals surface area contributed by atoms with Gasteiger partial charge in [0.15, 0.2) is 9.84 Å². The average Bonchev–Trinajstić information content (AvgIpc) is 3.30. The van der Waals surface area contributed by atoms with Gasteiger partial charge in [-0.2, -0.15) is 0 Å². The molecule has 0 radical (unpaired) electrons. The summed E-state index contributed by atoms with van der Waals surface area (Å²) >= 11 is 0. The Hall–Kier alpha value is -2.41. The van der Waals surface area contributed by atoms with Gasteiger partial charge < -0.3 is 32.4 Å². The molecule has 12 heteroatoms. The highest BCUT2D eigenvalue weighted by Crippen LogP contribution is 2.29. The first-order valence-corrected chi connectivity index (χ1v) is 13.6. The summed E-state index contributed by atoms with van der Waals surface area (Å²) in [7, 11) is -2.10. The van der Waals surface area contributed by atoms with Crippen molar-refractivity contribution in [2.75, 3.05) is 44.8 Å². The zero-order chi connectivity index (χ0) is 26.6. The zero-order valence-electron chi connectivity index (χ0n) is 21.0. The van der Waals surface area contributed by atoms with E-state index in [2.05, 4.69) is 17.1 Å². The van der Waals surface area contributed by atoms with Crippen molar-refractivity contribution in [3.8, 4) is 5.75 Å². The van der Waals surface area contributed by atoms with Gasteiger partial charge >= 0.3 is 5.97 Å². The zero-order valence-corrected chi connectivity index (χ0v) is 21.8. The highest BCUT2D eigenvalue weighted by molar-refractivity contribution is 7.91. The van der Waals surface area contributed by atoms with Gasteiger partial charge in [-0.25, -0.2) is 8.42 Å². The molecule has 1 saturated heterocycles. The number of nitrogens with two attached hydrogens (primary N) is 3. The Morgan fingerprint density at radius 2 is 1.97 bits per heavy atom. The van der Waals surface area contributed by atoms with Crippen molar-refractivity contribution < 1.29 is 27.9 Å². The van der Waals surface area contributed by atoms with Crippen LogP contribution in [0.2, 0.25) is 0 Å². The number of nitrogen functional groups attached to an aromatic ring is 1. The van der Waals surface area contributed by atoms with Crippen LogP contribution in [0.1, 0.15) is 56.3 Å². The number of likely N-dealkylation sites (tertiary alicyclic amines) is 1. The number of amides is 1. The highest BCUT2D eigenvalue weighted by atomic mass is 32.2. The van der Waals surface area contributed by atoms with E-state index < -0.39 is 21.8 Å². The van der Waals surface area contributed by atoms with Crippen LogP contribution < -0.4 is 27.3 Å². The monoisotopic (exact) mass is 515 g/mol. The molecule has 1 heterocycles. The summed E-state index contributed by atoms with van der Waals surface area (Å²) in [5, 5.41) is 11.2. The van der Waals surface area contributed by atoms with E-state index in [0.717, 1.165) is 38.8 Å². The van der Waals surface area contributed by atoms with Crippen molar-refractivity contribution in [2.45, 2.75) is 62.9 Å². The van der Waals surface area contributed by atoms with Gasteiger partial charge in [-0.15, -0.1) is 0 Å². The molecule has 2 rings (SSSR count). The number of hydrogen-bond acceptors (Lipinski definition) is 9. The van der Waals surface area contributed by atoms with Gasteiger partial charge in [-0.05, 0) is 51.4 Å². The molecule has 200 valence electrons. The van der Waals surface area contributed by atoms with Crippen LogP contribution in [0.5, 0.6) is 5.75 Å². The molecule has 0 aliphatic carbocycles. The molecule has 8 N–H and O–H groups in total. The lowest BCUT2D eigenvalue weighted by atomic mass is 10.1. The van der Waals surface area contributed by atoms with Crippen molar-refractivity contribution in [1.82, 2.24) is 10.2 Å². The first-order valence-electron chi connectivity index (χ1n) is 11.9. The third kappa shape index (κ3) is 9.28. The highest BCUT2D eigenvalue weighted by Gasteiger charge is 2.25. The first kappa shape index (κ1) is 30.6. The van der Waals surface area contributed by atoms with Crippen molar-refractivity contribution >= 4 is 27.4 Å². The molecule has 1 fully saturated rings. The van der Waals surface area contributed by atoms with Crippen LogP contribution >= 0.6 is 0 Å². The molecule has 1 aliphatic rings. The number of rotatable bonds is 12. The SMILES string of the molecule is CCN1CCCC1CNC(=O)c1cc(S(=O)(=O)CC)c(N)cc1OC.NCCCCC(N)C(=O)O. The number of aliphatic carboxylic acids is 1. The standard InChI is InChI=1S/C17H27N3O4S.C6H14N2O2/c1-4-20-8-6-7-12(20)11-19-17(21)13-9-16(25(22,23)5-2)14(18)10-15(13)24-3;7-4-2-1-3-5(8)6(9)10/h9-10,12H,4-8,11,18H2,1-3H3,(H,19,21);5H,1-4,7-8H2,(H,9,10). The molecule has 0 saturated carbocycles. The lowest BCUT2D eigenvalue weighted by molar-refractivity contribution is -0.138. The summed E-state index contributed by atoms with van der Waals surface area (Å²) < 4.78 is 29.6. The molecule has 1 aromatic carbocycles. The molecular formula is C23H41N5O6S. The number of carbonyl (C=O) groups excluding carboxylic acids is 1. The molecule has 1 aliphatic heterocycles. The minimum absolute atomic E-state index is 0.0306. The van der Waals surface area contributed by atoms with E-state index in [1.54, 1.807) is 0 Å². The van der Waals surface area contributed by atoms with E-state index in [-0.39, 0.29) is 33.6 Å². The number of hydrogen-bond donors (Lipinski definition) is 5. The van der Waals surface area contributed by atoms with Crippen LogP contribution in [-0.4, -0.2) is 81.4 Å². The maximum Gasteiger partial charge on any atom is 0.320 e. The summed E-state index contributed by atoms with van der Waals surface area (Å²) in [4.78, 5) is 25.0. The molecule has 11 nitrogen and oxygen atoms in total. The molecule has 1 aromatic rings. The molecule has 2 atom stereocenters. The normalized spacial score (nSPS) is 16.8. The lowest BCUT2D eigenvalue weighted by Crippen LogP contribution is -2.40. The molecule has 0 aromatic heterocycles. The van der Waals surface area contributed by atoms with Gasteiger partial charge in [-0.1, -0.05) is 20.3 Å². The fraction of sp³-hybridized carbons (Fsp3) is 0.652. The Kier molecular flexibility index (Phi) is 13.0.